The fourth-order valence-corrected chi connectivity index (χ4v) is 2.01. The maximum Gasteiger partial charge on any atom is 0.407 e. The van der Waals surface area contributed by atoms with Gasteiger partial charge in [0.15, 0.2) is 0 Å². The van der Waals surface area contributed by atoms with Gasteiger partial charge >= 0.3 is 6.09 Å². The molecule has 7 nitrogen and oxygen atoms in total. The molecule has 8 heteroatoms. The number of rotatable bonds is 3. The van der Waals surface area contributed by atoms with Gasteiger partial charge in [-0.3, -0.25) is 4.18 Å². The first-order chi connectivity index (χ1) is 9.39. The highest BCUT2D eigenvalue weighted by Crippen LogP contribution is 2.13. The summed E-state index contributed by atoms with van der Waals surface area (Å²) in [4.78, 5) is 10.4. The van der Waals surface area contributed by atoms with E-state index in [0.29, 0.717) is 0 Å². The van der Waals surface area contributed by atoms with Crippen LogP contribution in [0, 0.1) is 21.8 Å². The van der Waals surface area contributed by atoms with Gasteiger partial charge in [0.1, 0.15) is 12.7 Å². The first-order valence-electron chi connectivity index (χ1n) is 5.72. The van der Waals surface area contributed by atoms with Crippen LogP contribution in [0.1, 0.15) is 5.56 Å². The Morgan fingerprint density at radius 2 is 2.30 bits per heavy atom. The number of nitrogens with zero attached hydrogens (tertiary/aromatic N) is 1. The van der Waals surface area contributed by atoms with Gasteiger partial charge in [0, 0.05) is 0 Å². The molecule has 106 valence electrons. The van der Waals surface area contributed by atoms with Crippen LogP contribution in [0.2, 0.25) is 0 Å². The average Bonchev–Trinajstić information content (AvgIpc) is 2.76. The van der Waals surface area contributed by atoms with Crippen LogP contribution in [-0.2, 0) is 19.0 Å². The first-order valence-corrected chi connectivity index (χ1v) is 7.54. The summed E-state index contributed by atoms with van der Waals surface area (Å²) < 4.78 is 30.0. The molecule has 0 spiro atoms. The minimum Gasteiger partial charge on any atom is -0.442 e. The van der Waals surface area contributed by atoms with Gasteiger partial charge in [0.2, 0.25) is 0 Å². The molecule has 0 radical (unpaired) electrons. The van der Waals surface area contributed by atoms with Crippen molar-refractivity contribution in [1.29, 1.82) is 5.26 Å². The number of nitrogens with one attached hydrogen (secondary N) is 1. The van der Waals surface area contributed by atoms with Crippen molar-refractivity contribution in [3.8, 4) is 6.07 Å². The van der Waals surface area contributed by atoms with Crippen molar-refractivity contribution in [3.63, 3.8) is 0 Å². The minimum absolute atomic E-state index is 0.127. The van der Waals surface area contributed by atoms with Crippen LogP contribution in [-0.4, -0.2) is 40.0 Å². The van der Waals surface area contributed by atoms with Gasteiger partial charge in [-0.1, -0.05) is 12.1 Å². The van der Waals surface area contributed by atoms with E-state index in [1.54, 1.807) is 0 Å². The Bertz CT molecular complexity index is 766. The average molecular weight is 296 g/mol. The molecule has 3 aliphatic rings. The SMILES string of the molecule is CS(=O)(=O)OCC1CNC(=O)O1.N#Cc1cc2ccc1=2. The van der Waals surface area contributed by atoms with Crippen LogP contribution in [0.4, 0.5) is 4.79 Å². The molecular formula is C12H12N2O5S. The lowest BCUT2D eigenvalue weighted by Gasteiger charge is -2.05. The lowest BCUT2D eigenvalue weighted by Crippen LogP contribution is -2.22. The van der Waals surface area contributed by atoms with Crippen LogP contribution in [0.3, 0.4) is 0 Å². The fourth-order valence-electron chi connectivity index (χ4n) is 1.61. The molecule has 1 aliphatic heterocycles. The Balaban J connectivity index is 0.000000157. The number of benzene rings is 1. The largest absolute Gasteiger partial charge is 0.442 e. The molecule has 1 fully saturated rings. The van der Waals surface area contributed by atoms with E-state index in [4.69, 9.17) is 5.26 Å². The molecule has 0 bridgehead atoms. The molecule has 0 saturated carbocycles. The van der Waals surface area contributed by atoms with Crippen molar-refractivity contribution in [2.75, 3.05) is 19.4 Å². The topological polar surface area (TPSA) is 105 Å². The lowest BCUT2D eigenvalue weighted by molar-refractivity contribution is 0.107. The van der Waals surface area contributed by atoms with E-state index in [-0.39, 0.29) is 13.2 Å². The Hall–Kier alpha value is -2.11. The summed E-state index contributed by atoms with van der Waals surface area (Å²) in [5.74, 6) is 0. The summed E-state index contributed by atoms with van der Waals surface area (Å²) in [5, 5.41) is 13.1. The summed E-state index contributed by atoms with van der Waals surface area (Å²) in [5.41, 5.74) is 0.836. The number of cyclic esters (lactones) is 1. The second-order valence-corrected chi connectivity index (χ2v) is 5.91. The van der Waals surface area contributed by atoms with Crippen LogP contribution < -0.4 is 5.32 Å². The second kappa shape index (κ2) is 5.48. The highest BCUT2D eigenvalue weighted by molar-refractivity contribution is 7.85. The number of carbonyl (C=O) groups is 1. The van der Waals surface area contributed by atoms with E-state index in [9.17, 15) is 13.2 Å². The quantitative estimate of drug-likeness (QED) is 0.813. The highest BCUT2D eigenvalue weighted by atomic mass is 32.2. The van der Waals surface area contributed by atoms with Gasteiger partial charge in [0.25, 0.3) is 10.1 Å². The normalized spacial score (nSPS) is 18.2. The van der Waals surface area contributed by atoms with Gasteiger partial charge in [0.05, 0.1) is 24.4 Å². The van der Waals surface area contributed by atoms with Crippen LogP contribution in [0.15, 0.2) is 18.2 Å². The number of ether oxygens (including phenoxy) is 1. The predicted octanol–water partition coefficient (Wildman–Crippen LogP) is 0.230. The van der Waals surface area contributed by atoms with E-state index in [2.05, 4.69) is 20.3 Å². The van der Waals surface area contributed by atoms with Gasteiger partial charge in [-0.25, -0.2) is 4.79 Å². The first kappa shape index (κ1) is 14.3. The van der Waals surface area contributed by atoms with Crippen molar-refractivity contribution in [1.82, 2.24) is 5.32 Å². The van der Waals surface area contributed by atoms with Crippen molar-refractivity contribution < 1.29 is 22.1 Å². The minimum atomic E-state index is -3.45. The third kappa shape index (κ3) is 3.46. The Morgan fingerprint density at radius 1 is 1.55 bits per heavy atom. The number of hydrogen-bond acceptors (Lipinski definition) is 6. The molecule has 1 amide bonds. The molecule has 3 rings (SSSR count). The summed E-state index contributed by atoms with van der Waals surface area (Å²) >= 11 is 0. The maximum absolute atomic E-state index is 10.5. The number of nitriles is 1. The van der Waals surface area contributed by atoms with Gasteiger partial charge in [-0.05, 0) is 16.5 Å². The zero-order valence-electron chi connectivity index (χ0n) is 10.6. The van der Waals surface area contributed by atoms with Crippen molar-refractivity contribution >= 4 is 16.2 Å². The predicted molar refractivity (Wildman–Crippen MR) is 67.9 cm³/mol. The van der Waals surface area contributed by atoms with Crippen molar-refractivity contribution in [2.45, 2.75) is 6.10 Å². The zero-order chi connectivity index (χ0) is 14.8. The molecule has 0 aromatic rings. The van der Waals surface area contributed by atoms with Gasteiger partial charge in [-0.2, -0.15) is 13.7 Å². The molecule has 2 aliphatic carbocycles. The molecule has 20 heavy (non-hydrogen) atoms. The Labute approximate surface area is 115 Å². The van der Waals surface area contributed by atoms with E-state index in [1.165, 1.54) is 5.22 Å². The lowest BCUT2D eigenvalue weighted by atomic mass is 10.0. The van der Waals surface area contributed by atoms with Crippen molar-refractivity contribution in [2.24, 2.45) is 0 Å². The summed E-state index contributed by atoms with van der Waals surface area (Å²) in [6.07, 6.45) is -0.110. The number of carbonyl (C=O) groups excluding carboxylic acids is 1. The molecular weight excluding hydrogens is 284 g/mol. The smallest absolute Gasteiger partial charge is 0.407 e. The van der Waals surface area contributed by atoms with E-state index >= 15 is 0 Å². The third-order valence-corrected chi connectivity index (χ3v) is 3.23. The van der Waals surface area contributed by atoms with Gasteiger partial charge < -0.3 is 10.1 Å². The monoisotopic (exact) mass is 296 g/mol. The maximum atomic E-state index is 10.5. The third-order valence-electron chi connectivity index (χ3n) is 2.67. The Kier molecular flexibility index (Phi) is 3.92. The van der Waals surface area contributed by atoms with Gasteiger partial charge in [-0.15, -0.1) is 0 Å². The summed E-state index contributed by atoms with van der Waals surface area (Å²) in [6, 6.07) is 7.96. The summed E-state index contributed by atoms with van der Waals surface area (Å²) in [6.45, 7) is 0.159. The zero-order valence-corrected chi connectivity index (χ0v) is 11.4. The molecule has 0 aromatic carbocycles. The van der Waals surface area contributed by atoms with Crippen LogP contribution in [0.25, 0.3) is 0 Å². The molecule has 1 atom stereocenters. The standard InChI is InChI=1S/C7H3N.C5H9NO5S/c8-4-6-3-5-1-2-7(5)6;1-12(8,9)10-3-4-2-6-5(7)11-4/h1-3H;4H,2-3H2,1H3,(H,6,7). The molecule has 1 saturated heterocycles. The fraction of sp³-hybridized carbons (Fsp3) is 0.333. The number of alkyl carbamates (subject to hydrolysis) is 1. The molecule has 1 unspecified atom stereocenters. The number of hydrogen-bond donors (Lipinski definition) is 1. The highest BCUT2D eigenvalue weighted by Gasteiger charge is 2.23. The number of amides is 1. The van der Waals surface area contributed by atoms with Crippen molar-refractivity contribution in [3.05, 3.63) is 34.2 Å². The van der Waals surface area contributed by atoms with Crippen LogP contribution >= 0.6 is 0 Å². The molecule has 1 N–H and O–H groups in total. The Morgan fingerprint density at radius 3 is 2.60 bits per heavy atom. The summed E-state index contributed by atoms with van der Waals surface area (Å²) in [7, 11) is -3.45. The second-order valence-electron chi connectivity index (χ2n) is 4.27. The van der Waals surface area contributed by atoms with E-state index in [0.717, 1.165) is 17.0 Å². The molecule has 1 heterocycles. The van der Waals surface area contributed by atoms with Crippen LogP contribution in [0.5, 0.6) is 0 Å². The molecule has 0 aromatic heterocycles. The van der Waals surface area contributed by atoms with E-state index in [1.807, 2.05) is 18.2 Å². The van der Waals surface area contributed by atoms with E-state index < -0.39 is 22.3 Å².